The summed E-state index contributed by atoms with van der Waals surface area (Å²) >= 11 is 0. The van der Waals surface area contributed by atoms with Crippen LogP contribution in [0.1, 0.15) is 37.8 Å². The molecule has 234 valence electrons. The van der Waals surface area contributed by atoms with E-state index in [1.807, 2.05) is 20.8 Å². The summed E-state index contributed by atoms with van der Waals surface area (Å²) < 4.78 is 60.3. The highest BCUT2D eigenvalue weighted by Crippen LogP contribution is 2.13. The quantitative estimate of drug-likeness (QED) is 0.124. The summed E-state index contributed by atoms with van der Waals surface area (Å²) in [5, 5.41) is 0. The third kappa shape index (κ3) is 21.5. The van der Waals surface area contributed by atoms with Gasteiger partial charge in [-0.05, 0) is 57.7 Å². The minimum Gasteiger partial charge on any atom is -0.379 e. The fourth-order valence-corrected chi connectivity index (χ4v) is 4.21. The lowest BCUT2D eigenvalue weighted by Gasteiger charge is -2.07. The third-order valence-corrected chi connectivity index (χ3v) is 6.85. The van der Waals surface area contributed by atoms with Gasteiger partial charge < -0.3 is 28.4 Å². The maximum Gasteiger partial charge on any atom is 0.297 e. The van der Waals surface area contributed by atoms with E-state index in [4.69, 9.17) is 32.6 Å². The molecule has 2 aromatic carbocycles. The zero-order valence-electron chi connectivity index (χ0n) is 25.1. The number of hydrogen-bond acceptors (Lipinski definition) is 9. The molecule has 0 bridgehead atoms. The second-order valence-corrected chi connectivity index (χ2v) is 10.5. The van der Waals surface area contributed by atoms with Gasteiger partial charge in [-0.1, -0.05) is 48.0 Å². The lowest BCUT2D eigenvalue weighted by atomic mass is 10.1. The van der Waals surface area contributed by atoms with Crippen molar-refractivity contribution < 1.29 is 41.0 Å². The summed E-state index contributed by atoms with van der Waals surface area (Å²) in [5.41, 5.74) is 2.40. The van der Waals surface area contributed by atoms with Crippen LogP contribution in [0.3, 0.4) is 0 Å². The fourth-order valence-electron chi connectivity index (χ4n) is 3.32. The summed E-state index contributed by atoms with van der Waals surface area (Å²) in [6.07, 6.45) is 3.41. The third-order valence-electron chi connectivity index (χ3n) is 5.52. The molecule has 2 rings (SSSR count). The van der Waals surface area contributed by atoms with Crippen LogP contribution in [0.15, 0.2) is 59.5 Å². The molecule has 0 radical (unpaired) electrons. The molecule has 0 aliphatic heterocycles. The smallest absolute Gasteiger partial charge is 0.297 e. The minimum absolute atomic E-state index is 0.0187. The SMILES string of the molecule is CCOCCOCCOCCCCc1ccccc1.CCOCCOCCOCCOS(=O)(=O)c1ccc(C)cc1. The number of hydrogen-bond donors (Lipinski definition) is 0. The van der Waals surface area contributed by atoms with E-state index in [2.05, 4.69) is 30.3 Å². The van der Waals surface area contributed by atoms with Gasteiger partial charge in [0.2, 0.25) is 0 Å². The van der Waals surface area contributed by atoms with Crippen LogP contribution < -0.4 is 0 Å². The molecule has 0 atom stereocenters. The maximum absolute atomic E-state index is 11.9. The van der Waals surface area contributed by atoms with Crippen LogP contribution in [0.2, 0.25) is 0 Å². The van der Waals surface area contributed by atoms with E-state index in [1.165, 1.54) is 24.1 Å². The van der Waals surface area contributed by atoms with Gasteiger partial charge in [0, 0.05) is 19.8 Å². The van der Waals surface area contributed by atoms with Gasteiger partial charge in [0.25, 0.3) is 10.1 Å². The Kier molecular flexibility index (Phi) is 23.4. The second kappa shape index (κ2) is 25.8. The summed E-state index contributed by atoms with van der Waals surface area (Å²) in [5.74, 6) is 0. The van der Waals surface area contributed by atoms with E-state index in [9.17, 15) is 8.42 Å². The van der Waals surface area contributed by atoms with Crippen molar-refractivity contribution in [2.24, 2.45) is 0 Å². The van der Waals surface area contributed by atoms with E-state index >= 15 is 0 Å². The van der Waals surface area contributed by atoms with Gasteiger partial charge in [-0.15, -0.1) is 0 Å². The van der Waals surface area contributed by atoms with E-state index in [0.29, 0.717) is 59.5 Å². The molecule has 0 amide bonds. The van der Waals surface area contributed by atoms with Crippen molar-refractivity contribution in [3.05, 3.63) is 65.7 Å². The van der Waals surface area contributed by atoms with Crippen LogP contribution in [0.25, 0.3) is 0 Å². The fraction of sp³-hybridized carbons (Fsp3) is 0.613. The van der Waals surface area contributed by atoms with E-state index in [-0.39, 0.29) is 18.1 Å². The number of benzene rings is 2. The molecule has 0 N–H and O–H groups in total. The lowest BCUT2D eigenvalue weighted by molar-refractivity contribution is 0.0117. The molecule has 2 aromatic rings. The Morgan fingerprint density at radius 3 is 1.51 bits per heavy atom. The summed E-state index contributed by atoms with van der Waals surface area (Å²) in [7, 11) is -3.71. The average molecular weight is 599 g/mol. The molecule has 0 unspecified atom stereocenters. The first kappa shape index (κ1) is 37.1. The van der Waals surface area contributed by atoms with Gasteiger partial charge in [-0.25, -0.2) is 0 Å². The van der Waals surface area contributed by atoms with Gasteiger partial charge in [0.05, 0.1) is 71.0 Å². The first-order valence-electron chi connectivity index (χ1n) is 14.5. The van der Waals surface area contributed by atoms with Crippen molar-refractivity contribution in [1.29, 1.82) is 0 Å². The summed E-state index contributed by atoms with van der Waals surface area (Å²) in [6.45, 7) is 12.8. The molecular weight excluding hydrogens is 548 g/mol. The Hall–Kier alpha value is -1.89. The summed E-state index contributed by atoms with van der Waals surface area (Å²) in [6, 6.07) is 17.1. The summed E-state index contributed by atoms with van der Waals surface area (Å²) in [4.78, 5) is 0.150. The molecule has 0 aliphatic carbocycles. The van der Waals surface area contributed by atoms with Gasteiger partial charge in [-0.3, -0.25) is 4.18 Å². The van der Waals surface area contributed by atoms with Crippen molar-refractivity contribution in [2.75, 3.05) is 85.9 Å². The average Bonchev–Trinajstić information content (AvgIpc) is 2.98. The highest BCUT2D eigenvalue weighted by atomic mass is 32.2. The molecule has 41 heavy (non-hydrogen) atoms. The molecule has 0 aromatic heterocycles. The monoisotopic (exact) mass is 598 g/mol. The minimum atomic E-state index is -3.71. The van der Waals surface area contributed by atoms with Crippen LogP contribution in [-0.4, -0.2) is 94.3 Å². The van der Waals surface area contributed by atoms with Crippen LogP contribution in [0, 0.1) is 6.92 Å². The van der Waals surface area contributed by atoms with Gasteiger partial charge in [0.1, 0.15) is 0 Å². The van der Waals surface area contributed by atoms with Gasteiger partial charge >= 0.3 is 0 Å². The van der Waals surface area contributed by atoms with Gasteiger partial charge in [-0.2, -0.15) is 8.42 Å². The molecular formula is C31H50O9S. The molecule has 10 heteroatoms. The lowest BCUT2D eigenvalue weighted by Crippen LogP contribution is -2.14. The van der Waals surface area contributed by atoms with E-state index in [1.54, 1.807) is 12.1 Å². The van der Waals surface area contributed by atoms with E-state index in [0.717, 1.165) is 31.6 Å². The van der Waals surface area contributed by atoms with Crippen molar-refractivity contribution in [2.45, 2.75) is 44.9 Å². The predicted molar refractivity (Wildman–Crippen MR) is 160 cm³/mol. The molecule has 0 heterocycles. The van der Waals surface area contributed by atoms with Gasteiger partial charge in [0.15, 0.2) is 0 Å². The Morgan fingerprint density at radius 1 is 0.537 bits per heavy atom. The number of rotatable bonds is 24. The van der Waals surface area contributed by atoms with E-state index < -0.39 is 10.1 Å². The zero-order chi connectivity index (χ0) is 29.9. The second-order valence-electron chi connectivity index (χ2n) is 8.88. The van der Waals surface area contributed by atoms with Crippen LogP contribution in [-0.2, 0) is 49.1 Å². The highest BCUT2D eigenvalue weighted by Gasteiger charge is 2.14. The van der Waals surface area contributed by atoms with Crippen molar-refractivity contribution in [3.8, 4) is 0 Å². The number of unbranched alkanes of at least 4 members (excludes halogenated alkanes) is 1. The topological polar surface area (TPSA) is 98.8 Å². The zero-order valence-corrected chi connectivity index (χ0v) is 25.9. The van der Waals surface area contributed by atoms with Crippen LogP contribution in [0.4, 0.5) is 0 Å². The number of ether oxygens (including phenoxy) is 6. The predicted octanol–water partition coefficient (Wildman–Crippen LogP) is 4.85. The van der Waals surface area contributed by atoms with Crippen molar-refractivity contribution in [1.82, 2.24) is 0 Å². The largest absolute Gasteiger partial charge is 0.379 e. The molecule has 0 spiro atoms. The normalized spacial score (nSPS) is 11.3. The van der Waals surface area contributed by atoms with Crippen molar-refractivity contribution >= 4 is 10.1 Å². The maximum atomic E-state index is 11.9. The Labute approximate surface area is 247 Å². The molecule has 0 saturated carbocycles. The number of aryl methyl sites for hydroxylation is 2. The first-order chi connectivity index (χ1) is 20.0. The molecule has 0 fully saturated rings. The Bertz CT molecular complexity index is 938. The first-order valence-corrected chi connectivity index (χ1v) is 15.9. The molecule has 0 saturated heterocycles. The van der Waals surface area contributed by atoms with Crippen LogP contribution >= 0.6 is 0 Å². The Balaban J connectivity index is 0.000000414. The van der Waals surface area contributed by atoms with Crippen LogP contribution in [0.5, 0.6) is 0 Å². The standard InChI is InChI=1S/C16H26O3.C15H24O6S/c1-2-17-12-13-19-15-14-18-11-7-6-10-16-8-4-3-5-9-16;1-3-18-8-9-19-10-11-20-12-13-21-22(16,17)15-6-4-14(2)5-7-15/h3-5,8-9H,2,6-7,10-15H2,1H3;4-7H,3,8-13H2,1-2H3. The Morgan fingerprint density at radius 2 is 1.00 bits per heavy atom. The molecule has 9 nitrogen and oxygen atoms in total. The highest BCUT2D eigenvalue weighted by molar-refractivity contribution is 7.86. The molecule has 0 aliphatic rings. The van der Waals surface area contributed by atoms with Crippen molar-refractivity contribution in [3.63, 3.8) is 0 Å².